The van der Waals surface area contributed by atoms with Gasteiger partial charge in [0.25, 0.3) is 0 Å². The Labute approximate surface area is 155 Å². The highest BCUT2D eigenvalue weighted by molar-refractivity contribution is 7.13. The van der Waals surface area contributed by atoms with Crippen LogP contribution in [0.25, 0.3) is 0 Å². The van der Waals surface area contributed by atoms with Gasteiger partial charge >= 0.3 is 5.97 Å². The van der Waals surface area contributed by atoms with Crippen LogP contribution in [0, 0.1) is 20.8 Å². The summed E-state index contributed by atoms with van der Waals surface area (Å²) in [6.07, 6.45) is -0.846. The van der Waals surface area contributed by atoms with Crippen molar-refractivity contribution in [3.63, 3.8) is 0 Å². The highest BCUT2D eigenvalue weighted by Crippen LogP contribution is 2.27. The van der Waals surface area contributed by atoms with E-state index in [1.807, 2.05) is 13.8 Å². The van der Waals surface area contributed by atoms with E-state index in [9.17, 15) is 10.0 Å². The number of rotatable bonds is 6. The van der Waals surface area contributed by atoms with Crippen molar-refractivity contribution in [1.82, 2.24) is 4.98 Å². The lowest BCUT2D eigenvalue weighted by Crippen LogP contribution is -2.38. The maximum atomic E-state index is 12.6. The van der Waals surface area contributed by atoms with E-state index in [-0.39, 0.29) is 5.71 Å². The van der Waals surface area contributed by atoms with Crippen LogP contribution < -0.4 is 9.47 Å². The van der Waals surface area contributed by atoms with E-state index >= 15 is 0 Å². The molecule has 2 aromatic rings. The second kappa shape index (κ2) is 8.31. The molecule has 1 atom stereocenters. The molecule has 0 radical (unpaired) electrons. The summed E-state index contributed by atoms with van der Waals surface area (Å²) in [6.45, 7) is 7.16. The number of carbonyl (C=O) groups is 1. The van der Waals surface area contributed by atoms with Crippen molar-refractivity contribution in [1.29, 1.82) is 0 Å². The summed E-state index contributed by atoms with van der Waals surface area (Å²) in [5.74, 6) is -0.246. The molecule has 25 heavy (non-hydrogen) atoms. The van der Waals surface area contributed by atoms with Gasteiger partial charge in [-0.05, 0) is 51.0 Å². The molecule has 2 rings (SSSR count). The standard InChI is InChI=1S/C17H19ClN2O4S/c1-5-14(20-22)15(23-12-6-7-13(18)9(2)8-12)16(21)24-17-10(3)19-11(4)25-17/h6-8,15,22H,5H2,1-4H3. The largest absolute Gasteiger partial charge is 0.472 e. The highest BCUT2D eigenvalue weighted by Gasteiger charge is 2.29. The van der Waals surface area contributed by atoms with Crippen LogP contribution in [0.15, 0.2) is 23.4 Å². The SMILES string of the molecule is CCC(=NO)C(Oc1ccc(Cl)c(C)c1)C(=O)Oc1sc(C)nc1C. The Balaban J connectivity index is 2.27. The van der Waals surface area contributed by atoms with Crippen LogP contribution in [-0.4, -0.2) is 28.0 Å². The smallest absolute Gasteiger partial charge is 0.359 e. The molecule has 0 saturated heterocycles. The second-order valence-corrected chi connectivity index (χ2v) is 6.95. The van der Waals surface area contributed by atoms with Crippen molar-refractivity contribution < 1.29 is 19.5 Å². The fraction of sp³-hybridized carbons (Fsp3) is 0.353. The number of aromatic nitrogens is 1. The van der Waals surface area contributed by atoms with Gasteiger partial charge in [-0.3, -0.25) is 0 Å². The van der Waals surface area contributed by atoms with E-state index in [1.165, 1.54) is 11.3 Å². The number of hydrogen-bond acceptors (Lipinski definition) is 7. The fourth-order valence-electron chi connectivity index (χ4n) is 2.14. The van der Waals surface area contributed by atoms with Crippen molar-refractivity contribution in [3.8, 4) is 10.8 Å². The molecule has 0 fully saturated rings. The van der Waals surface area contributed by atoms with Gasteiger partial charge in [0.2, 0.25) is 11.2 Å². The molecule has 1 aromatic carbocycles. The summed E-state index contributed by atoms with van der Waals surface area (Å²) in [4.78, 5) is 16.8. The van der Waals surface area contributed by atoms with Gasteiger partial charge < -0.3 is 14.7 Å². The lowest BCUT2D eigenvalue weighted by molar-refractivity contribution is -0.139. The van der Waals surface area contributed by atoms with Crippen molar-refractivity contribution in [2.75, 3.05) is 0 Å². The molecule has 0 aliphatic heterocycles. The number of hydrogen-bond donors (Lipinski definition) is 1. The molecule has 1 heterocycles. The molecule has 8 heteroatoms. The Hall–Kier alpha value is -2.12. The van der Waals surface area contributed by atoms with Crippen LogP contribution in [0.5, 0.6) is 10.8 Å². The van der Waals surface area contributed by atoms with Gasteiger partial charge in [0.05, 0.1) is 10.7 Å². The molecule has 0 aliphatic carbocycles. The Bertz CT molecular complexity index is 804. The minimum atomic E-state index is -1.17. The van der Waals surface area contributed by atoms with Crippen LogP contribution in [0.3, 0.4) is 0 Å². The molecular weight excluding hydrogens is 364 g/mol. The van der Waals surface area contributed by atoms with Crippen LogP contribution in [0.4, 0.5) is 0 Å². The summed E-state index contributed by atoms with van der Waals surface area (Å²) in [5, 5.41) is 14.2. The van der Waals surface area contributed by atoms with E-state index in [2.05, 4.69) is 10.1 Å². The zero-order valence-corrected chi connectivity index (χ0v) is 15.9. The third-order valence-electron chi connectivity index (χ3n) is 3.45. The van der Waals surface area contributed by atoms with Gasteiger partial charge in [0, 0.05) is 5.02 Å². The molecule has 0 amide bonds. The minimum Gasteiger partial charge on any atom is -0.472 e. The van der Waals surface area contributed by atoms with E-state index < -0.39 is 12.1 Å². The Morgan fingerprint density at radius 1 is 1.40 bits per heavy atom. The predicted octanol–water partition coefficient (Wildman–Crippen LogP) is 4.31. The number of benzene rings is 1. The molecule has 0 saturated carbocycles. The molecule has 6 nitrogen and oxygen atoms in total. The van der Waals surface area contributed by atoms with Gasteiger partial charge in [-0.2, -0.15) is 0 Å². The lowest BCUT2D eigenvalue weighted by Gasteiger charge is -2.18. The maximum absolute atomic E-state index is 12.6. The minimum absolute atomic E-state index is 0.163. The summed E-state index contributed by atoms with van der Waals surface area (Å²) < 4.78 is 11.1. The van der Waals surface area contributed by atoms with Crippen LogP contribution in [0.1, 0.15) is 29.6 Å². The first kappa shape index (κ1) is 19.2. The molecular formula is C17H19ClN2O4S. The molecule has 0 aliphatic rings. The molecule has 0 spiro atoms. The van der Waals surface area contributed by atoms with Gasteiger partial charge in [0.15, 0.2) is 0 Å². The van der Waals surface area contributed by atoms with Gasteiger partial charge in [-0.1, -0.05) is 35.0 Å². The summed E-state index contributed by atoms with van der Waals surface area (Å²) in [6, 6.07) is 5.02. The van der Waals surface area contributed by atoms with Crippen molar-refractivity contribution in [3.05, 3.63) is 39.5 Å². The van der Waals surface area contributed by atoms with E-state index in [4.69, 9.17) is 21.1 Å². The van der Waals surface area contributed by atoms with Crippen LogP contribution in [-0.2, 0) is 4.79 Å². The van der Waals surface area contributed by atoms with Crippen molar-refractivity contribution in [2.45, 2.75) is 40.2 Å². The first-order valence-corrected chi connectivity index (χ1v) is 8.84. The Morgan fingerprint density at radius 2 is 2.12 bits per heavy atom. The average Bonchev–Trinajstić information content (AvgIpc) is 2.88. The number of oxime groups is 1. The summed E-state index contributed by atoms with van der Waals surface area (Å²) >= 11 is 7.28. The van der Waals surface area contributed by atoms with Gasteiger partial charge in [0.1, 0.15) is 11.5 Å². The number of halogens is 1. The van der Waals surface area contributed by atoms with E-state index in [0.717, 1.165) is 10.6 Å². The van der Waals surface area contributed by atoms with Crippen LogP contribution in [0.2, 0.25) is 5.02 Å². The number of aryl methyl sites for hydroxylation is 3. The quantitative estimate of drug-likeness (QED) is 0.348. The van der Waals surface area contributed by atoms with Gasteiger partial charge in [-0.25, -0.2) is 9.78 Å². The molecule has 134 valence electrons. The van der Waals surface area contributed by atoms with Crippen molar-refractivity contribution >= 4 is 34.6 Å². The summed E-state index contributed by atoms with van der Waals surface area (Å²) in [5.41, 5.74) is 1.59. The Morgan fingerprint density at radius 3 is 2.64 bits per heavy atom. The maximum Gasteiger partial charge on any atom is 0.359 e. The third kappa shape index (κ3) is 4.70. The number of esters is 1. The molecule has 1 N–H and O–H groups in total. The number of ether oxygens (including phenoxy) is 2. The highest BCUT2D eigenvalue weighted by atomic mass is 35.5. The average molecular weight is 383 g/mol. The summed E-state index contributed by atoms with van der Waals surface area (Å²) in [7, 11) is 0. The van der Waals surface area contributed by atoms with E-state index in [1.54, 1.807) is 32.0 Å². The number of carbonyl (C=O) groups excluding carboxylic acids is 1. The van der Waals surface area contributed by atoms with Crippen molar-refractivity contribution in [2.24, 2.45) is 5.16 Å². The predicted molar refractivity (Wildman–Crippen MR) is 97.3 cm³/mol. The number of nitrogens with zero attached hydrogens (tertiary/aromatic N) is 2. The topological polar surface area (TPSA) is 81.0 Å². The third-order valence-corrected chi connectivity index (χ3v) is 4.82. The first-order chi connectivity index (χ1) is 11.8. The zero-order valence-electron chi connectivity index (χ0n) is 14.4. The fourth-order valence-corrected chi connectivity index (χ4v) is 3.03. The lowest BCUT2D eigenvalue weighted by atomic mass is 10.1. The van der Waals surface area contributed by atoms with Gasteiger partial charge in [-0.15, -0.1) is 0 Å². The Kier molecular flexibility index (Phi) is 6.39. The number of thiazole rings is 1. The molecule has 1 aromatic heterocycles. The normalized spacial score (nSPS) is 12.8. The second-order valence-electron chi connectivity index (χ2n) is 5.38. The molecule has 0 bridgehead atoms. The first-order valence-electron chi connectivity index (χ1n) is 7.65. The molecule has 1 unspecified atom stereocenters. The zero-order chi connectivity index (χ0) is 18.6. The van der Waals surface area contributed by atoms with Crippen LogP contribution >= 0.6 is 22.9 Å². The van der Waals surface area contributed by atoms with E-state index in [0.29, 0.717) is 28.0 Å². The monoisotopic (exact) mass is 382 g/mol.